The van der Waals surface area contributed by atoms with Gasteiger partial charge in [-0.2, -0.15) is 0 Å². The van der Waals surface area contributed by atoms with Crippen molar-refractivity contribution in [2.24, 2.45) is 0 Å². The molecule has 0 unspecified atom stereocenters. The highest BCUT2D eigenvalue weighted by atomic mass is 15.0. The molecule has 2 heterocycles. The summed E-state index contributed by atoms with van der Waals surface area (Å²) >= 11 is 0. The van der Waals surface area contributed by atoms with E-state index in [2.05, 4.69) is 132 Å². The van der Waals surface area contributed by atoms with Crippen molar-refractivity contribution in [3.05, 3.63) is 133 Å². The molecule has 7 rings (SSSR count). The normalized spacial score (nSPS) is 11.9. The molecule has 0 radical (unpaired) electrons. The average molecular weight is 475 g/mol. The summed E-state index contributed by atoms with van der Waals surface area (Å²) in [5.74, 6) is 0. The first-order valence-corrected chi connectivity index (χ1v) is 12.7. The lowest BCUT2D eigenvalue weighted by Crippen LogP contribution is -1.94. The molecule has 0 aliphatic rings. The molecule has 0 bridgehead atoms. The van der Waals surface area contributed by atoms with Gasteiger partial charge < -0.3 is 9.55 Å². The number of hydrogen-bond acceptors (Lipinski definition) is 0. The van der Waals surface area contributed by atoms with Crippen LogP contribution in [-0.2, 0) is 0 Å². The summed E-state index contributed by atoms with van der Waals surface area (Å²) < 4.78 is 2.38. The van der Waals surface area contributed by atoms with Crippen LogP contribution >= 0.6 is 0 Å². The van der Waals surface area contributed by atoms with E-state index in [9.17, 15) is 0 Å². The van der Waals surface area contributed by atoms with E-state index in [0.717, 1.165) is 0 Å². The fourth-order valence-corrected chi connectivity index (χ4v) is 5.60. The first-order chi connectivity index (χ1) is 18.2. The maximum Gasteiger partial charge on any atom is 0.0544 e. The number of fused-ring (bicyclic) bond motifs is 6. The molecular weight excluding hydrogens is 448 g/mol. The summed E-state index contributed by atoms with van der Waals surface area (Å²) in [6.07, 6.45) is 5.98. The minimum Gasteiger partial charge on any atom is -0.355 e. The van der Waals surface area contributed by atoms with Crippen LogP contribution in [0, 0.1) is 6.92 Å². The standard InChI is InChI=1S/C35H26N2/c1-3-4-10-24-20-31-30-22-26(25-15-17-33-29(21-25)28-13-8-9-14-32(28)36-33)16-18-34(30)37(35(31)19-23(24)2)27-11-6-5-7-12-27/h3-22,36H,1H2,2H3/b10-4-. The van der Waals surface area contributed by atoms with Crippen LogP contribution in [0.2, 0.25) is 0 Å². The summed E-state index contributed by atoms with van der Waals surface area (Å²) in [5, 5.41) is 5.02. The van der Waals surface area contributed by atoms with Crippen LogP contribution in [0.1, 0.15) is 11.1 Å². The lowest BCUT2D eigenvalue weighted by atomic mass is 9.99. The van der Waals surface area contributed by atoms with Gasteiger partial charge in [-0.25, -0.2) is 0 Å². The Labute approximate surface area is 215 Å². The molecule has 2 nitrogen and oxygen atoms in total. The predicted molar refractivity (Wildman–Crippen MR) is 160 cm³/mol. The Morgan fingerprint density at radius 2 is 1.35 bits per heavy atom. The molecule has 0 saturated carbocycles. The van der Waals surface area contributed by atoms with Gasteiger partial charge in [0.05, 0.1) is 11.0 Å². The highest BCUT2D eigenvalue weighted by Gasteiger charge is 2.15. The second-order valence-electron chi connectivity index (χ2n) is 9.65. The molecule has 176 valence electrons. The van der Waals surface area contributed by atoms with Crippen molar-refractivity contribution < 1.29 is 0 Å². The maximum absolute atomic E-state index is 3.85. The molecular formula is C35H26N2. The molecule has 5 aromatic carbocycles. The molecule has 0 aliphatic heterocycles. The van der Waals surface area contributed by atoms with Crippen LogP contribution in [0.5, 0.6) is 0 Å². The Bertz CT molecular complexity index is 2000. The number of aromatic nitrogens is 2. The molecule has 2 aromatic heterocycles. The summed E-state index contributed by atoms with van der Waals surface area (Å²) in [5.41, 5.74) is 10.8. The second kappa shape index (κ2) is 8.39. The van der Waals surface area contributed by atoms with E-state index in [1.807, 2.05) is 12.2 Å². The van der Waals surface area contributed by atoms with Crippen molar-refractivity contribution in [3.63, 3.8) is 0 Å². The Morgan fingerprint density at radius 1 is 0.649 bits per heavy atom. The summed E-state index contributed by atoms with van der Waals surface area (Å²) in [4.78, 5) is 3.54. The number of allylic oxidation sites excluding steroid dienone is 2. The quantitative estimate of drug-likeness (QED) is 0.245. The molecule has 0 fully saturated rings. The smallest absolute Gasteiger partial charge is 0.0544 e. The van der Waals surface area contributed by atoms with Gasteiger partial charge in [0.25, 0.3) is 0 Å². The maximum atomic E-state index is 3.85. The van der Waals surface area contributed by atoms with E-state index < -0.39 is 0 Å². The van der Waals surface area contributed by atoms with Crippen molar-refractivity contribution in [2.75, 3.05) is 0 Å². The Kier molecular flexibility index (Phi) is 4.87. The van der Waals surface area contributed by atoms with Crippen molar-refractivity contribution in [2.45, 2.75) is 6.92 Å². The third-order valence-electron chi connectivity index (χ3n) is 7.42. The van der Waals surface area contributed by atoms with E-state index in [1.54, 1.807) is 0 Å². The Hall–Kier alpha value is -4.82. The highest BCUT2D eigenvalue weighted by Crippen LogP contribution is 2.37. The molecule has 0 atom stereocenters. The van der Waals surface area contributed by atoms with Crippen LogP contribution < -0.4 is 0 Å². The van der Waals surface area contributed by atoms with E-state index >= 15 is 0 Å². The van der Waals surface area contributed by atoms with Crippen molar-refractivity contribution in [1.82, 2.24) is 9.55 Å². The van der Waals surface area contributed by atoms with Crippen molar-refractivity contribution in [1.29, 1.82) is 0 Å². The fraction of sp³-hybridized carbons (Fsp3) is 0.0286. The molecule has 0 aliphatic carbocycles. The first kappa shape index (κ1) is 21.5. The van der Waals surface area contributed by atoms with Crippen LogP contribution in [0.15, 0.2) is 122 Å². The zero-order valence-corrected chi connectivity index (χ0v) is 20.7. The molecule has 2 heteroatoms. The van der Waals surface area contributed by atoms with Crippen LogP contribution in [0.3, 0.4) is 0 Å². The zero-order valence-electron chi connectivity index (χ0n) is 20.7. The van der Waals surface area contributed by atoms with E-state index in [-0.39, 0.29) is 0 Å². The molecule has 7 aromatic rings. The number of para-hydroxylation sites is 2. The van der Waals surface area contributed by atoms with Gasteiger partial charge in [-0.05, 0) is 83.8 Å². The largest absolute Gasteiger partial charge is 0.355 e. The molecule has 37 heavy (non-hydrogen) atoms. The Balaban J connectivity index is 1.50. The number of benzene rings is 5. The predicted octanol–water partition coefficient (Wildman–Crippen LogP) is 9.59. The van der Waals surface area contributed by atoms with E-state index in [4.69, 9.17) is 0 Å². The molecule has 1 N–H and O–H groups in total. The highest BCUT2D eigenvalue weighted by molar-refractivity contribution is 6.12. The second-order valence-corrected chi connectivity index (χ2v) is 9.65. The average Bonchev–Trinajstić information content (AvgIpc) is 3.46. The van der Waals surface area contributed by atoms with Crippen LogP contribution in [0.25, 0.3) is 66.5 Å². The first-order valence-electron chi connectivity index (χ1n) is 12.7. The third kappa shape index (κ3) is 3.41. The van der Waals surface area contributed by atoms with Gasteiger partial charge in [0, 0.05) is 38.3 Å². The summed E-state index contributed by atoms with van der Waals surface area (Å²) in [6.45, 7) is 6.03. The summed E-state index contributed by atoms with van der Waals surface area (Å²) in [6, 6.07) is 37.4. The fourth-order valence-electron chi connectivity index (χ4n) is 5.60. The number of nitrogens with zero attached hydrogens (tertiary/aromatic N) is 1. The monoisotopic (exact) mass is 474 g/mol. The van der Waals surface area contributed by atoms with Gasteiger partial charge in [-0.15, -0.1) is 0 Å². The van der Waals surface area contributed by atoms with Gasteiger partial charge in [0.2, 0.25) is 0 Å². The number of rotatable bonds is 4. The van der Waals surface area contributed by atoms with Gasteiger partial charge >= 0.3 is 0 Å². The number of aromatic amines is 1. The number of H-pyrrole nitrogens is 1. The lowest BCUT2D eigenvalue weighted by molar-refractivity contribution is 1.18. The minimum atomic E-state index is 1.17. The van der Waals surface area contributed by atoms with Gasteiger partial charge in [-0.1, -0.05) is 73.3 Å². The van der Waals surface area contributed by atoms with Gasteiger partial charge in [0.15, 0.2) is 0 Å². The van der Waals surface area contributed by atoms with Gasteiger partial charge in [-0.3, -0.25) is 0 Å². The lowest BCUT2D eigenvalue weighted by Gasteiger charge is -2.09. The van der Waals surface area contributed by atoms with Crippen LogP contribution in [0.4, 0.5) is 0 Å². The summed E-state index contributed by atoms with van der Waals surface area (Å²) in [7, 11) is 0. The zero-order chi connectivity index (χ0) is 24.9. The SMILES string of the molecule is C=C/C=C\c1cc2c3cc(-c4ccc5[nH]c6ccccc6c5c4)ccc3n(-c3ccccc3)c2cc1C. The minimum absolute atomic E-state index is 1.17. The van der Waals surface area contributed by atoms with Crippen molar-refractivity contribution >= 4 is 49.7 Å². The van der Waals surface area contributed by atoms with Crippen molar-refractivity contribution in [3.8, 4) is 16.8 Å². The third-order valence-corrected chi connectivity index (χ3v) is 7.42. The van der Waals surface area contributed by atoms with E-state index in [1.165, 1.54) is 71.6 Å². The number of nitrogens with one attached hydrogen (secondary N) is 1. The van der Waals surface area contributed by atoms with E-state index in [0.29, 0.717) is 0 Å². The molecule has 0 saturated heterocycles. The van der Waals surface area contributed by atoms with Gasteiger partial charge in [0.1, 0.15) is 0 Å². The number of aryl methyl sites for hydroxylation is 1. The molecule has 0 spiro atoms. The number of hydrogen-bond donors (Lipinski definition) is 1. The van der Waals surface area contributed by atoms with Crippen LogP contribution in [-0.4, -0.2) is 9.55 Å². The Morgan fingerprint density at radius 3 is 2.19 bits per heavy atom. The topological polar surface area (TPSA) is 20.7 Å². The molecule has 0 amide bonds.